The fourth-order valence-electron chi connectivity index (χ4n) is 1.04. The monoisotopic (exact) mass is 202 g/mol. The number of carboxylic acids is 1. The highest BCUT2D eigenvalue weighted by Crippen LogP contribution is 1.93. The molecule has 0 aliphatic rings. The molecule has 5 nitrogen and oxygen atoms in total. The first kappa shape index (κ1) is 12.9. The van der Waals surface area contributed by atoms with Crippen LogP contribution in [0.4, 0.5) is 0 Å². The lowest BCUT2D eigenvalue weighted by Gasteiger charge is -2.11. The van der Waals surface area contributed by atoms with E-state index < -0.39 is 5.97 Å². The van der Waals surface area contributed by atoms with Crippen molar-refractivity contribution in [1.82, 2.24) is 10.6 Å². The highest BCUT2D eigenvalue weighted by Gasteiger charge is 2.05. The van der Waals surface area contributed by atoms with Crippen LogP contribution in [-0.4, -0.2) is 36.1 Å². The van der Waals surface area contributed by atoms with Gasteiger partial charge < -0.3 is 15.7 Å². The standard InChI is InChI=1S/C9H18N2O3/c1-3-4-7(2)10-5-8(12)11-6-9(13)14/h7,10H,3-6H2,1-2H3,(H,11,12)(H,13,14). The van der Waals surface area contributed by atoms with Crippen LogP contribution in [0.5, 0.6) is 0 Å². The third-order valence-corrected chi connectivity index (χ3v) is 1.77. The quantitative estimate of drug-likeness (QED) is 0.541. The van der Waals surface area contributed by atoms with Crippen LogP contribution in [-0.2, 0) is 9.59 Å². The van der Waals surface area contributed by atoms with Crippen LogP contribution in [0.1, 0.15) is 26.7 Å². The van der Waals surface area contributed by atoms with E-state index in [0.29, 0.717) is 0 Å². The number of carbonyl (C=O) groups excluding carboxylic acids is 1. The van der Waals surface area contributed by atoms with Crippen LogP contribution in [0.2, 0.25) is 0 Å². The maximum Gasteiger partial charge on any atom is 0.322 e. The van der Waals surface area contributed by atoms with Gasteiger partial charge in [-0.05, 0) is 13.3 Å². The summed E-state index contributed by atoms with van der Waals surface area (Å²) < 4.78 is 0. The van der Waals surface area contributed by atoms with E-state index in [-0.39, 0.29) is 25.0 Å². The van der Waals surface area contributed by atoms with Crippen LogP contribution < -0.4 is 10.6 Å². The summed E-state index contributed by atoms with van der Waals surface area (Å²) in [5, 5.41) is 13.6. The molecule has 0 rings (SSSR count). The number of aliphatic carboxylic acids is 1. The first-order valence-corrected chi connectivity index (χ1v) is 4.78. The number of rotatable bonds is 7. The number of hydrogen-bond acceptors (Lipinski definition) is 3. The van der Waals surface area contributed by atoms with Crippen molar-refractivity contribution < 1.29 is 14.7 Å². The summed E-state index contributed by atoms with van der Waals surface area (Å²) in [6.45, 7) is 3.92. The molecule has 1 unspecified atom stereocenters. The molecule has 0 aromatic heterocycles. The molecule has 1 atom stereocenters. The van der Waals surface area contributed by atoms with E-state index in [0.717, 1.165) is 12.8 Å². The van der Waals surface area contributed by atoms with Crippen LogP contribution in [0.3, 0.4) is 0 Å². The summed E-state index contributed by atoms with van der Waals surface area (Å²) >= 11 is 0. The summed E-state index contributed by atoms with van der Waals surface area (Å²) in [5.74, 6) is -1.31. The average molecular weight is 202 g/mol. The fraction of sp³-hybridized carbons (Fsp3) is 0.778. The molecule has 1 amide bonds. The Kier molecular flexibility index (Phi) is 6.74. The molecule has 0 aliphatic carbocycles. The first-order valence-electron chi connectivity index (χ1n) is 4.78. The zero-order valence-corrected chi connectivity index (χ0v) is 8.67. The topological polar surface area (TPSA) is 78.4 Å². The van der Waals surface area contributed by atoms with Crippen molar-refractivity contribution >= 4 is 11.9 Å². The Balaban J connectivity index is 3.48. The molecule has 0 fully saturated rings. The van der Waals surface area contributed by atoms with Crippen molar-refractivity contribution in [2.45, 2.75) is 32.7 Å². The minimum atomic E-state index is -1.03. The minimum Gasteiger partial charge on any atom is -0.480 e. The summed E-state index contributed by atoms with van der Waals surface area (Å²) in [5.41, 5.74) is 0. The molecule has 14 heavy (non-hydrogen) atoms. The van der Waals surface area contributed by atoms with Crippen molar-refractivity contribution in [2.75, 3.05) is 13.1 Å². The molecule has 3 N–H and O–H groups in total. The van der Waals surface area contributed by atoms with E-state index in [4.69, 9.17) is 5.11 Å². The summed E-state index contributed by atoms with van der Waals surface area (Å²) in [7, 11) is 0. The predicted octanol–water partition coefficient (Wildman–Crippen LogP) is -0.0346. The molecule has 0 aliphatic heterocycles. The van der Waals surface area contributed by atoms with Crippen LogP contribution in [0, 0.1) is 0 Å². The Bertz CT molecular complexity index is 194. The molecule has 82 valence electrons. The Morgan fingerprint density at radius 1 is 1.36 bits per heavy atom. The molecular formula is C9H18N2O3. The lowest BCUT2D eigenvalue weighted by atomic mass is 10.2. The van der Waals surface area contributed by atoms with Gasteiger partial charge in [-0.3, -0.25) is 9.59 Å². The van der Waals surface area contributed by atoms with Gasteiger partial charge in [0.2, 0.25) is 5.91 Å². The number of carboxylic acid groups (broad SMARTS) is 1. The summed E-state index contributed by atoms with van der Waals surface area (Å²) in [6.07, 6.45) is 2.07. The highest BCUT2D eigenvalue weighted by atomic mass is 16.4. The predicted molar refractivity (Wildman–Crippen MR) is 53.0 cm³/mol. The molecule has 0 heterocycles. The van der Waals surface area contributed by atoms with Crippen LogP contribution in [0.25, 0.3) is 0 Å². The van der Waals surface area contributed by atoms with Crippen molar-refractivity contribution in [3.8, 4) is 0 Å². The van der Waals surface area contributed by atoms with Gasteiger partial charge in [0.15, 0.2) is 0 Å². The molecular weight excluding hydrogens is 184 g/mol. The molecule has 0 saturated carbocycles. The molecule has 0 radical (unpaired) electrons. The van der Waals surface area contributed by atoms with E-state index in [1.807, 2.05) is 6.92 Å². The van der Waals surface area contributed by atoms with Gasteiger partial charge in [-0.15, -0.1) is 0 Å². The van der Waals surface area contributed by atoms with Gasteiger partial charge >= 0.3 is 5.97 Å². The average Bonchev–Trinajstić information content (AvgIpc) is 2.12. The Hall–Kier alpha value is -1.10. The minimum absolute atomic E-state index is 0.175. The maximum atomic E-state index is 11.0. The number of hydrogen-bond donors (Lipinski definition) is 3. The van der Waals surface area contributed by atoms with Gasteiger partial charge in [0, 0.05) is 6.04 Å². The van der Waals surface area contributed by atoms with Gasteiger partial charge in [-0.1, -0.05) is 13.3 Å². The lowest BCUT2D eigenvalue weighted by molar-refractivity contribution is -0.137. The van der Waals surface area contributed by atoms with Crippen molar-refractivity contribution in [1.29, 1.82) is 0 Å². The SMILES string of the molecule is CCCC(C)NCC(=O)NCC(=O)O. The molecule has 0 bridgehead atoms. The van der Waals surface area contributed by atoms with E-state index in [1.54, 1.807) is 0 Å². The lowest BCUT2D eigenvalue weighted by Crippen LogP contribution is -2.39. The Morgan fingerprint density at radius 2 is 2.00 bits per heavy atom. The highest BCUT2D eigenvalue weighted by molar-refractivity contribution is 5.82. The summed E-state index contributed by atoms with van der Waals surface area (Å²) in [6, 6.07) is 0.288. The van der Waals surface area contributed by atoms with Gasteiger partial charge in [-0.2, -0.15) is 0 Å². The van der Waals surface area contributed by atoms with Gasteiger partial charge in [0.25, 0.3) is 0 Å². The Labute approximate surface area is 83.9 Å². The van der Waals surface area contributed by atoms with Gasteiger partial charge in [0.05, 0.1) is 6.54 Å². The number of nitrogens with one attached hydrogen (secondary N) is 2. The van der Waals surface area contributed by atoms with Gasteiger partial charge in [0.1, 0.15) is 6.54 Å². The second-order valence-corrected chi connectivity index (χ2v) is 3.24. The van der Waals surface area contributed by atoms with Crippen LogP contribution >= 0.6 is 0 Å². The zero-order chi connectivity index (χ0) is 11.0. The van der Waals surface area contributed by atoms with Crippen LogP contribution in [0.15, 0.2) is 0 Å². The second kappa shape index (κ2) is 7.32. The van der Waals surface area contributed by atoms with E-state index in [1.165, 1.54) is 0 Å². The summed E-state index contributed by atoms with van der Waals surface area (Å²) in [4.78, 5) is 21.1. The number of amides is 1. The largest absolute Gasteiger partial charge is 0.480 e. The normalized spacial score (nSPS) is 12.1. The molecule has 5 heteroatoms. The van der Waals surface area contributed by atoms with E-state index in [9.17, 15) is 9.59 Å². The smallest absolute Gasteiger partial charge is 0.322 e. The zero-order valence-electron chi connectivity index (χ0n) is 8.67. The van der Waals surface area contributed by atoms with E-state index in [2.05, 4.69) is 17.6 Å². The second-order valence-electron chi connectivity index (χ2n) is 3.24. The fourth-order valence-corrected chi connectivity index (χ4v) is 1.04. The third kappa shape index (κ3) is 7.54. The molecule has 0 saturated heterocycles. The van der Waals surface area contributed by atoms with E-state index >= 15 is 0 Å². The van der Waals surface area contributed by atoms with Crippen molar-refractivity contribution in [2.24, 2.45) is 0 Å². The van der Waals surface area contributed by atoms with Crippen molar-refractivity contribution in [3.05, 3.63) is 0 Å². The maximum absolute atomic E-state index is 11.0. The molecule has 0 aromatic carbocycles. The first-order chi connectivity index (χ1) is 6.56. The molecule has 0 spiro atoms. The van der Waals surface area contributed by atoms with Crippen molar-refractivity contribution in [3.63, 3.8) is 0 Å². The number of carbonyl (C=O) groups is 2. The Morgan fingerprint density at radius 3 is 2.50 bits per heavy atom. The van der Waals surface area contributed by atoms with Gasteiger partial charge in [-0.25, -0.2) is 0 Å². The molecule has 0 aromatic rings. The third-order valence-electron chi connectivity index (χ3n) is 1.77.